The Bertz CT molecular complexity index is 703. The number of nitrogens with one attached hydrogen (secondary N) is 1. The number of aromatic nitrogens is 2. The van der Waals surface area contributed by atoms with Crippen molar-refractivity contribution < 1.29 is 4.39 Å². The van der Waals surface area contributed by atoms with E-state index < -0.39 is 0 Å². The first-order valence-corrected chi connectivity index (χ1v) is 9.07. The first kappa shape index (κ1) is 17.8. The van der Waals surface area contributed by atoms with E-state index in [1.165, 1.54) is 0 Å². The number of rotatable bonds is 5. The molecule has 1 saturated heterocycles. The number of hydrogen-bond acceptors (Lipinski definition) is 4. The average molecular weight is 342 g/mol. The topological polar surface area (TPSA) is 41.1 Å². The molecule has 0 spiro atoms. The summed E-state index contributed by atoms with van der Waals surface area (Å²) in [5.74, 6) is 0.760. The van der Waals surface area contributed by atoms with Gasteiger partial charge in [0.1, 0.15) is 11.6 Å². The van der Waals surface area contributed by atoms with E-state index in [-0.39, 0.29) is 5.82 Å². The van der Waals surface area contributed by atoms with Gasteiger partial charge in [-0.05, 0) is 63.4 Å². The summed E-state index contributed by atoms with van der Waals surface area (Å²) in [6.07, 6.45) is 3.06. The van der Waals surface area contributed by atoms with Crippen molar-refractivity contribution in [3.8, 4) is 0 Å². The normalized spacial score (nSPS) is 15.6. The lowest BCUT2D eigenvalue weighted by Crippen LogP contribution is -2.43. The van der Waals surface area contributed by atoms with Crippen molar-refractivity contribution in [2.24, 2.45) is 0 Å². The largest absolute Gasteiger partial charge is 0.371 e. The Labute approximate surface area is 149 Å². The molecule has 134 valence electrons. The molecule has 0 atom stereocenters. The second kappa shape index (κ2) is 7.91. The van der Waals surface area contributed by atoms with Crippen LogP contribution in [-0.2, 0) is 6.42 Å². The molecule has 2 heterocycles. The van der Waals surface area contributed by atoms with Crippen LogP contribution in [0, 0.1) is 26.6 Å². The zero-order chi connectivity index (χ0) is 17.8. The number of benzene rings is 1. The summed E-state index contributed by atoms with van der Waals surface area (Å²) >= 11 is 0. The van der Waals surface area contributed by atoms with Gasteiger partial charge < -0.3 is 10.2 Å². The second-order valence-corrected chi connectivity index (χ2v) is 6.96. The summed E-state index contributed by atoms with van der Waals surface area (Å²) in [5.41, 5.74) is 4.23. The Kier molecular flexibility index (Phi) is 5.63. The number of anilines is 1. The lowest BCUT2D eigenvalue weighted by atomic mass is 10.0. The Morgan fingerprint density at radius 2 is 1.76 bits per heavy atom. The molecule has 1 N–H and O–H groups in total. The lowest BCUT2D eigenvalue weighted by molar-refractivity contribution is 0.416. The van der Waals surface area contributed by atoms with E-state index >= 15 is 0 Å². The number of piperidine rings is 1. The van der Waals surface area contributed by atoms with Crippen molar-refractivity contribution in [3.05, 3.63) is 52.9 Å². The smallest absolute Gasteiger partial charge is 0.130 e. The summed E-state index contributed by atoms with van der Waals surface area (Å²) in [4.78, 5) is 11.4. The molecule has 1 aliphatic heterocycles. The van der Waals surface area contributed by atoms with Crippen molar-refractivity contribution >= 4 is 5.69 Å². The maximum Gasteiger partial charge on any atom is 0.130 e. The van der Waals surface area contributed by atoms with Gasteiger partial charge in [0, 0.05) is 49.2 Å². The molecule has 5 heteroatoms. The van der Waals surface area contributed by atoms with Crippen LogP contribution in [0.25, 0.3) is 0 Å². The average Bonchev–Trinajstić information content (AvgIpc) is 2.55. The fourth-order valence-corrected chi connectivity index (χ4v) is 3.60. The zero-order valence-corrected chi connectivity index (χ0v) is 15.3. The fourth-order valence-electron chi connectivity index (χ4n) is 3.60. The van der Waals surface area contributed by atoms with E-state index in [2.05, 4.69) is 20.2 Å². The highest BCUT2D eigenvalue weighted by molar-refractivity contribution is 5.53. The molecule has 4 nitrogen and oxygen atoms in total. The van der Waals surface area contributed by atoms with E-state index in [1.54, 1.807) is 12.1 Å². The summed E-state index contributed by atoms with van der Waals surface area (Å²) in [7, 11) is 0. The third kappa shape index (κ3) is 4.75. The standard InChI is InChI=1S/C20H27FN4/c1-14-12-17(21)4-5-19(14)25-10-7-18(8-11-25)22-9-6-20-23-15(2)13-16(3)24-20/h4-5,12-13,18,22H,6-11H2,1-3H3. The van der Waals surface area contributed by atoms with E-state index in [0.29, 0.717) is 6.04 Å². The molecule has 25 heavy (non-hydrogen) atoms. The molecule has 2 aromatic rings. The quantitative estimate of drug-likeness (QED) is 0.905. The van der Waals surface area contributed by atoms with Crippen LogP contribution in [0.1, 0.15) is 35.6 Å². The van der Waals surface area contributed by atoms with Gasteiger partial charge in [-0.3, -0.25) is 0 Å². The molecule has 1 aliphatic rings. The van der Waals surface area contributed by atoms with Crippen LogP contribution in [0.4, 0.5) is 10.1 Å². The van der Waals surface area contributed by atoms with Gasteiger partial charge in [-0.1, -0.05) is 0 Å². The monoisotopic (exact) mass is 342 g/mol. The molecule has 3 rings (SSSR count). The molecule has 0 unspecified atom stereocenters. The van der Waals surface area contributed by atoms with Crippen molar-refractivity contribution in [2.75, 3.05) is 24.5 Å². The second-order valence-electron chi connectivity index (χ2n) is 6.96. The predicted molar refractivity (Wildman–Crippen MR) is 99.6 cm³/mol. The van der Waals surface area contributed by atoms with Crippen LogP contribution in [0.5, 0.6) is 0 Å². The Morgan fingerprint density at radius 3 is 2.40 bits per heavy atom. The van der Waals surface area contributed by atoms with Crippen LogP contribution in [0.2, 0.25) is 0 Å². The highest BCUT2D eigenvalue weighted by atomic mass is 19.1. The van der Waals surface area contributed by atoms with Crippen LogP contribution < -0.4 is 10.2 Å². The fraction of sp³-hybridized carbons (Fsp3) is 0.500. The van der Waals surface area contributed by atoms with Gasteiger partial charge in [-0.2, -0.15) is 0 Å². The van der Waals surface area contributed by atoms with Gasteiger partial charge in [0.15, 0.2) is 0 Å². The lowest BCUT2D eigenvalue weighted by Gasteiger charge is -2.35. The minimum atomic E-state index is -0.161. The van der Waals surface area contributed by atoms with Crippen LogP contribution in [0.15, 0.2) is 24.3 Å². The van der Waals surface area contributed by atoms with Crippen molar-refractivity contribution in [2.45, 2.75) is 46.1 Å². The van der Waals surface area contributed by atoms with Gasteiger partial charge >= 0.3 is 0 Å². The first-order valence-electron chi connectivity index (χ1n) is 9.07. The molecule has 0 saturated carbocycles. The third-order valence-corrected chi connectivity index (χ3v) is 4.80. The Hall–Kier alpha value is -2.01. The third-order valence-electron chi connectivity index (χ3n) is 4.80. The van der Waals surface area contributed by atoms with E-state index in [0.717, 1.165) is 67.4 Å². The number of nitrogens with zero attached hydrogens (tertiary/aromatic N) is 3. The predicted octanol–water partition coefficient (Wildman–Crippen LogP) is 3.34. The highest BCUT2D eigenvalue weighted by Gasteiger charge is 2.20. The Balaban J connectivity index is 1.46. The molecule has 1 aromatic carbocycles. The van der Waals surface area contributed by atoms with Crippen LogP contribution in [0.3, 0.4) is 0 Å². The summed E-state index contributed by atoms with van der Waals surface area (Å²) in [6.45, 7) is 8.92. The molecule has 0 bridgehead atoms. The Morgan fingerprint density at radius 1 is 1.08 bits per heavy atom. The molecular formula is C20H27FN4. The van der Waals surface area contributed by atoms with Gasteiger partial charge in [0.25, 0.3) is 0 Å². The maximum absolute atomic E-state index is 13.3. The van der Waals surface area contributed by atoms with Gasteiger partial charge in [0.2, 0.25) is 0 Å². The molecule has 1 aromatic heterocycles. The SMILES string of the molecule is Cc1cc(C)nc(CCNC2CCN(c3ccc(F)cc3C)CC2)n1. The summed E-state index contributed by atoms with van der Waals surface area (Å²) in [6, 6.07) is 7.60. The van der Waals surface area contributed by atoms with Crippen molar-refractivity contribution in [1.82, 2.24) is 15.3 Å². The van der Waals surface area contributed by atoms with E-state index in [4.69, 9.17) is 0 Å². The zero-order valence-electron chi connectivity index (χ0n) is 15.3. The van der Waals surface area contributed by atoms with Crippen LogP contribution >= 0.6 is 0 Å². The maximum atomic E-state index is 13.3. The van der Waals surface area contributed by atoms with Gasteiger partial charge in [0.05, 0.1) is 0 Å². The molecule has 1 fully saturated rings. The number of halogens is 1. The molecule has 0 aliphatic carbocycles. The number of hydrogen-bond donors (Lipinski definition) is 1. The van der Waals surface area contributed by atoms with Crippen molar-refractivity contribution in [1.29, 1.82) is 0 Å². The summed E-state index contributed by atoms with van der Waals surface area (Å²) < 4.78 is 13.3. The number of aryl methyl sites for hydroxylation is 3. The first-order chi connectivity index (χ1) is 12.0. The molecule has 0 amide bonds. The van der Waals surface area contributed by atoms with Gasteiger partial charge in [-0.25, -0.2) is 14.4 Å². The minimum absolute atomic E-state index is 0.161. The molecule has 0 radical (unpaired) electrons. The molecular weight excluding hydrogens is 315 g/mol. The van der Waals surface area contributed by atoms with Crippen molar-refractivity contribution in [3.63, 3.8) is 0 Å². The summed E-state index contributed by atoms with van der Waals surface area (Å²) in [5, 5.41) is 3.64. The van der Waals surface area contributed by atoms with Gasteiger partial charge in [-0.15, -0.1) is 0 Å². The minimum Gasteiger partial charge on any atom is -0.371 e. The van der Waals surface area contributed by atoms with E-state index in [9.17, 15) is 4.39 Å². The highest BCUT2D eigenvalue weighted by Crippen LogP contribution is 2.24. The van der Waals surface area contributed by atoms with Crippen LogP contribution in [-0.4, -0.2) is 35.6 Å². The van der Waals surface area contributed by atoms with E-state index in [1.807, 2.05) is 32.9 Å².